The first-order valence-electron chi connectivity index (χ1n) is 15.7. The fraction of sp³-hybridized carbons (Fsp3) is 0.324. The van der Waals surface area contributed by atoms with Crippen molar-refractivity contribution in [1.82, 2.24) is 20.6 Å². The Bertz CT molecular complexity index is 2060. The molecule has 3 heterocycles. The normalized spacial score (nSPS) is 19.6. The second-order valence-electron chi connectivity index (χ2n) is 12.8. The van der Waals surface area contributed by atoms with Gasteiger partial charge in [0.1, 0.15) is 29.3 Å². The number of nitrogens with two attached hydrogens (primary N) is 1. The number of alkyl halides is 3. The SMILES string of the molecule is NC(=O)[C@@]1(C2CC2)COc2c1cc(C(O)(CNC(=O)c1cc(NC(=O)NC3CC3)c3ncc(Cl)cc3c1)C(F)(F)F)nc2-c1ccc(F)cc1. The first-order chi connectivity index (χ1) is 23.7. The molecule has 0 bridgehead atoms. The molecule has 7 rings (SSSR count). The van der Waals surface area contributed by atoms with Crippen molar-refractivity contribution in [3.63, 3.8) is 0 Å². The summed E-state index contributed by atoms with van der Waals surface area (Å²) in [7, 11) is 0. The van der Waals surface area contributed by atoms with E-state index in [-0.39, 0.29) is 62.9 Å². The maximum Gasteiger partial charge on any atom is 0.424 e. The Balaban J connectivity index is 1.27. The number of halogens is 5. The second kappa shape index (κ2) is 12.1. The van der Waals surface area contributed by atoms with Crippen LogP contribution in [0.2, 0.25) is 5.02 Å². The molecule has 11 nitrogen and oxygen atoms in total. The van der Waals surface area contributed by atoms with Crippen LogP contribution in [0.25, 0.3) is 22.2 Å². The van der Waals surface area contributed by atoms with Crippen LogP contribution in [-0.4, -0.2) is 58.3 Å². The van der Waals surface area contributed by atoms with Gasteiger partial charge in [-0.1, -0.05) is 11.6 Å². The summed E-state index contributed by atoms with van der Waals surface area (Å²) in [4.78, 5) is 47.4. The van der Waals surface area contributed by atoms with Crippen molar-refractivity contribution in [3.05, 3.63) is 82.4 Å². The number of nitrogens with zero attached hydrogens (tertiary/aromatic N) is 2. The summed E-state index contributed by atoms with van der Waals surface area (Å²) < 4.78 is 64.6. The molecule has 1 unspecified atom stereocenters. The maximum atomic E-state index is 15.0. The van der Waals surface area contributed by atoms with Crippen molar-refractivity contribution < 1.29 is 41.8 Å². The van der Waals surface area contributed by atoms with Crippen molar-refractivity contribution >= 4 is 46.0 Å². The molecular weight excluding hydrogens is 684 g/mol. The van der Waals surface area contributed by atoms with Crippen LogP contribution in [0.5, 0.6) is 5.75 Å². The molecule has 2 fully saturated rings. The summed E-state index contributed by atoms with van der Waals surface area (Å²) in [6.45, 7) is -1.66. The molecule has 3 aliphatic rings. The standard InChI is InChI=1S/C34H29ClF4N6O5/c35-20-10-17-9-18(11-24(26(17)41-13-20)44-31(48)43-22-7-8-22)29(46)42-14-33(49,34(37,38)39)25-12-23-28(27(45-25)16-1-5-21(36)6-2-16)50-15-32(23,30(40)47)19-3-4-19/h1-2,5-6,9-13,19,22,49H,3-4,7-8,14-15H2,(H2,40,47)(H,42,46)(H2,43,44,48)/t32-,33?/m1/s1. The summed E-state index contributed by atoms with van der Waals surface area (Å²) >= 11 is 6.11. The van der Waals surface area contributed by atoms with E-state index < -0.39 is 53.1 Å². The number of pyridine rings is 2. The quantitative estimate of drug-likeness (QED) is 0.151. The minimum atomic E-state index is -5.41. The van der Waals surface area contributed by atoms with Crippen LogP contribution >= 0.6 is 11.6 Å². The molecule has 4 amide bonds. The van der Waals surface area contributed by atoms with E-state index in [1.54, 1.807) is 0 Å². The summed E-state index contributed by atoms with van der Waals surface area (Å²) in [5.74, 6) is -2.79. The van der Waals surface area contributed by atoms with Gasteiger partial charge in [0.25, 0.3) is 5.91 Å². The highest BCUT2D eigenvalue weighted by molar-refractivity contribution is 6.31. The van der Waals surface area contributed by atoms with E-state index in [9.17, 15) is 37.1 Å². The number of hydrogen-bond acceptors (Lipinski definition) is 7. The lowest BCUT2D eigenvalue weighted by atomic mass is 9.76. The number of rotatable bonds is 9. The molecule has 2 saturated carbocycles. The highest BCUT2D eigenvalue weighted by Crippen LogP contribution is 2.56. The van der Waals surface area contributed by atoms with E-state index in [0.717, 1.165) is 31.0 Å². The molecule has 260 valence electrons. The Labute approximate surface area is 286 Å². The van der Waals surface area contributed by atoms with Crippen molar-refractivity contribution in [2.24, 2.45) is 11.7 Å². The number of ether oxygens (including phenoxy) is 1. The molecule has 2 aromatic carbocycles. The predicted octanol–water partition coefficient (Wildman–Crippen LogP) is 5.08. The van der Waals surface area contributed by atoms with Crippen LogP contribution < -0.4 is 26.4 Å². The average molecular weight is 713 g/mol. The van der Waals surface area contributed by atoms with Crippen LogP contribution in [0, 0.1) is 11.7 Å². The number of primary amides is 1. The number of carbonyl (C=O) groups excluding carboxylic acids is 3. The van der Waals surface area contributed by atoms with Crippen molar-refractivity contribution in [2.75, 3.05) is 18.5 Å². The van der Waals surface area contributed by atoms with Gasteiger partial charge in [0.2, 0.25) is 11.5 Å². The van der Waals surface area contributed by atoms with Crippen LogP contribution in [0.1, 0.15) is 47.3 Å². The predicted molar refractivity (Wildman–Crippen MR) is 173 cm³/mol. The molecule has 4 aromatic rings. The van der Waals surface area contributed by atoms with Gasteiger partial charge in [0.05, 0.1) is 28.5 Å². The smallest absolute Gasteiger partial charge is 0.424 e. The van der Waals surface area contributed by atoms with Crippen LogP contribution in [0.15, 0.2) is 54.7 Å². The summed E-state index contributed by atoms with van der Waals surface area (Å²) in [6, 6.07) is 9.14. The third-order valence-electron chi connectivity index (χ3n) is 9.30. The third-order valence-corrected chi connectivity index (χ3v) is 9.51. The van der Waals surface area contributed by atoms with Gasteiger partial charge in [-0.15, -0.1) is 0 Å². The lowest BCUT2D eigenvalue weighted by Crippen LogP contribution is -2.52. The Kier molecular flexibility index (Phi) is 8.09. The number of hydrogen-bond donors (Lipinski definition) is 5. The Morgan fingerprint density at radius 3 is 2.42 bits per heavy atom. The van der Waals surface area contributed by atoms with Gasteiger partial charge in [-0.3, -0.25) is 14.6 Å². The van der Waals surface area contributed by atoms with Gasteiger partial charge in [-0.25, -0.2) is 14.2 Å². The molecule has 50 heavy (non-hydrogen) atoms. The molecule has 2 aliphatic carbocycles. The second-order valence-corrected chi connectivity index (χ2v) is 13.2. The van der Waals surface area contributed by atoms with Gasteiger partial charge in [0.15, 0.2) is 0 Å². The van der Waals surface area contributed by atoms with Crippen molar-refractivity contribution in [3.8, 4) is 17.0 Å². The number of aliphatic hydroxyl groups is 1. The zero-order chi connectivity index (χ0) is 35.6. The molecule has 0 spiro atoms. The average Bonchev–Trinajstić information content (AvgIpc) is 4.01. The van der Waals surface area contributed by atoms with Crippen molar-refractivity contribution in [1.29, 1.82) is 0 Å². The first kappa shape index (κ1) is 33.5. The number of anilines is 1. The molecule has 16 heteroatoms. The minimum absolute atomic E-state index is 0.00574. The molecule has 0 radical (unpaired) electrons. The molecule has 6 N–H and O–H groups in total. The lowest BCUT2D eigenvalue weighted by Gasteiger charge is -2.32. The Hall–Kier alpha value is -5.02. The highest BCUT2D eigenvalue weighted by Gasteiger charge is 2.60. The Morgan fingerprint density at radius 2 is 1.78 bits per heavy atom. The van der Waals surface area contributed by atoms with Gasteiger partial charge in [-0.05, 0) is 80.1 Å². The third kappa shape index (κ3) is 5.93. The van der Waals surface area contributed by atoms with Gasteiger partial charge in [0, 0.05) is 34.3 Å². The van der Waals surface area contributed by atoms with Crippen molar-refractivity contribution in [2.45, 2.75) is 48.9 Å². The van der Waals surface area contributed by atoms with Crippen LogP contribution in [-0.2, 0) is 15.8 Å². The largest absolute Gasteiger partial charge is 0.489 e. The number of fused-ring (bicyclic) bond motifs is 2. The van der Waals surface area contributed by atoms with Crippen LogP contribution in [0.4, 0.5) is 28.0 Å². The lowest BCUT2D eigenvalue weighted by molar-refractivity contribution is -0.265. The number of nitrogens with one attached hydrogen (secondary N) is 3. The first-order valence-corrected chi connectivity index (χ1v) is 16.1. The monoisotopic (exact) mass is 712 g/mol. The fourth-order valence-electron chi connectivity index (χ4n) is 6.28. The molecule has 1 aliphatic heterocycles. The topological polar surface area (TPSA) is 169 Å². The number of aromatic nitrogens is 2. The number of carbonyl (C=O) groups is 3. The van der Waals surface area contributed by atoms with E-state index in [1.807, 2.05) is 0 Å². The molecular formula is C34H29ClF4N6O5. The molecule has 2 atom stereocenters. The fourth-order valence-corrected chi connectivity index (χ4v) is 6.44. The summed E-state index contributed by atoms with van der Waals surface area (Å²) in [5, 5.41) is 19.5. The zero-order valence-electron chi connectivity index (χ0n) is 26.0. The molecule has 2 aromatic heterocycles. The minimum Gasteiger partial charge on any atom is -0.489 e. The van der Waals surface area contributed by atoms with Gasteiger partial charge < -0.3 is 31.5 Å². The number of benzene rings is 2. The zero-order valence-corrected chi connectivity index (χ0v) is 26.8. The van der Waals surface area contributed by atoms with E-state index in [0.29, 0.717) is 18.2 Å². The summed E-state index contributed by atoms with van der Waals surface area (Å²) in [6.07, 6.45) is -1.31. The highest BCUT2D eigenvalue weighted by atomic mass is 35.5. The number of amides is 4. The van der Waals surface area contributed by atoms with Crippen LogP contribution in [0.3, 0.4) is 0 Å². The van der Waals surface area contributed by atoms with E-state index in [4.69, 9.17) is 22.1 Å². The molecule has 0 saturated heterocycles. The van der Waals surface area contributed by atoms with Gasteiger partial charge >= 0.3 is 12.2 Å². The maximum absolute atomic E-state index is 15.0. The Morgan fingerprint density at radius 1 is 1.06 bits per heavy atom. The van der Waals surface area contributed by atoms with E-state index >= 15 is 0 Å². The van der Waals surface area contributed by atoms with E-state index in [1.165, 1.54) is 36.5 Å². The number of urea groups is 1. The van der Waals surface area contributed by atoms with E-state index in [2.05, 4.69) is 25.9 Å². The van der Waals surface area contributed by atoms with Gasteiger partial charge in [-0.2, -0.15) is 13.2 Å². The summed E-state index contributed by atoms with van der Waals surface area (Å²) in [5.41, 5.74) is -0.173.